The number of anilines is 1. The summed E-state index contributed by atoms with van der Waals surface area (Å²) in [5.41, 5.74) is 2.43. The Morgan fingerprint density at radius 2 is 2.35 bits per heavy atom. The van der Waals surface area contributed by atoms with E-state index in [0.29, 0.717) is 6.04 Å². The van der Waals surface area contributed by atoms with E-state index in [1.165, 1.54) is 11.3 Å². The molecule has 3 nitrogen and oxygen atoms in total. The van der Waals surface area contributed by atoms with Crippen molar-refractivity contribution < 1.29 is 4.74 Å². The number of ether oxygens (including phenoxy) is 1. The number of aryl methyl sites for hydroxylation is 1. The van der Waals surface area contributed by atoms with Crippen LogP contribution in [-0.4, -0.2) is 39.4 Å². The van der Waals surface area contributed by atoms with Gasteiger partial charge in [-0.1, -0.05) is 17.7 Å². The SMILES string of the molecule is Cc1ccc(Cl)cc1N(C)CC1COCCN1. The summed E-state index contributed by atoms with van der Waals surface area (Å²) < 4.78 is 5.46. The summed E-state index contributed by atoms with van der Waals surface area (Å²) >= 11 is 6.04. The highest BCUT2D eigenvalue weighted by Crippen LogP contribution is 2.23. The summed E-state index contributed by atoms with van der Waals surface area (Å²) in [7, 11) is 2.09. The third-order valence-electron chi connectivity index (χ3n) is 3.08. The van der Waals surface area contributed by atoms with Crippen LogP contribution < -0.4 is 10.2 Å². The second-order valence-electron chi connectivity index (χ2n) is 4.54. The molecule has 1 heterocycles. The van der Waals surface area contributed by atoms with Gasteiger partial charge in [-0.25, -0.2) is 0 Å². The maximum Gasteiger partial charge on any atom is 0.0637 e. The van der Waals surface area contributed by atoms with Gasteiger partial charge in [-0.2, -0.15) is 0 Å². The maximum absolute atomic E-state index is 6.04. The molecule has 1 aliphatic rings. The number of nitrogens with zero attached hydrogens (tertiary/aromatic N) is 1. The molecule has 2 rings (SSSR count). The maximum atomic E-state index is 6.04. The smallest absolute Gasteiger partial charge is 0.0637 e. The van der Waals surface area contributed by atoms with E-state index in [9.17, 15) is 0 Å². The molecular weight excluding hydrogens is 236 g/mol. The quantitative estimate of drug-likeness (QED) is 0.894. The van der Waals surface area contributed by atoms with Crippen molar-refractivity contribution in [2.75, 3.05) is 38.3 Å². The van der Waals surface area contributed by atoms with Crippen molar-refractivity contribution >= 4 is 17.3 Å². The predicted octanol–water partition coefficient (Wildman–Crippen LogP) is 2.07. The number of likely N-dealkylation sites (N-methyl/N-ethyl adjacent to an activating group) is 1. The molecule has 0 aliphatic carbocycles. The fraction of sp³-hybridized carbons (Fsp3) is 0.538. The van der Waals surface area contributed by atoms with E-state index in [1.807, 2.05) is 12.1 Å². The number of hydrogen-bond acceptors (Lipinski definition) is 3. The second-order valence-corrected chi connectivity index (χ2v) is 4.97. The Morgan fingerprint density at radius 3 is 3.06 bits per heavy atom. The lowest BCUT2D eigenvalue weighted by molar-refractivity contribution is 0.0791. The van der Waals surface area contributed by atoms with Gasteiger partial charge in [0.2, 0.25) is 0 Å². The summed E-state index contributed by atoms with van der Waals surface area (Å²) in [4.78, 5) is 2.23. The van der Waals surface area contributed by atoms with Crippen molar-refractivity contribution in [3.05, 3.63) is 28.8 Å². The third-order valence-corrected chi connectivity index (χ3v) is 3.31. The van der Waals surface area contributed by atoms with Gasteiger partial charge in [0.15, 0.2) is 0 Å². The van der Waals surface area contributed by atoms with Crippen LogP contribution >= 0.6 is 11.6 Å². The molecule has 0 amide bonds. The summed E-state index contributed by atoms with van der Waals surface area (Å²) in [5, 5.41) is 4.24. The fourth-order valence-electron chi connectivity index (χ4n) is 2.16. The normalized spacial score (nSPS) is 20.3. The lowest BCUT2D eigenvalue weighted by Gasteiger charge is -2.30. The van der Waals surface area contributed by atoms with Gasteiger partial charge < -0.3 is 15.0 Å². The molecule has 0 aromatic heterocycles. The van der Waals surface area contributed by atoms with Crippen molar-refractivity contribution in [2.45, 2.75) is 13.0 Å². The van der Waals surface area contributed by atoms with Gasteiger partial charge in [0, 0.05) is 36.9 Å². The van der Waals surface area contributed by atoms with Crippen LogP contribution in [0.4, 0.5) is 5.69 Å². The number of rotatable bonds is 3. The molecule has 1 aromatic carbocycles. The van der Waals surface area contributed by atoms with Gasteiger partial charge in [-0.3, -0.25) is 0 Å². The molecule has 0 radical (unpaired) electrons. The molecule has 1 atom stereocenters. The summed E-state index contributed by atoms with van der Waals surface area (Å²) in [6, 6.07) is 6.39. The topological polar surface area (TPSA) is 24.5 Å². The van der Waals surface area contributed by atoms with Crippen molar-refractivity contribution in [3.8, 4) is 0 Å². The Balaban J connectivity index is 2.02. The predicted molar refractivity (Wildman–Crippen MR) is 72.1 cm³/mol. The molecule has 4 heteroatoms. The molecule has 0 spiro atoms. The molecule has 94 valence electrons. The number of halogens is 1. The fourth-order valence-corrected chi connectivity index (χ4v) is 2.33. The first kappa shape index (κ1) is 12.7. The highest BCUT2D eigenvalue weighted by Gasteiger charge is 2.16. The van der Waals surface area contributed by atoms with Gasteiger partial charge in [0.25, 0.3) is 0 Å². The molecule has 1 aromatic rings. The van der Waals surface area contributed by atoms with Crippen LogP contribution in [0.25, 0.3) is 0 Å². The van der Waals surface area contributed by atoms with Gasteiger partial charge in [0.1, 0.15) is 0 Å². The first-order chi connectivity index (χ1) is 8.16. The Morgan fingerprint density at radius 1 is 1.53 bits per heavy atom. The Labute approximate surface area is 108 Å². The molecule has 0 bridgehead atoms. The van der Waals surface area contributed by atoms with Crippen LogP contribution in [0.15, 0.2) is 18.2 Å². The van der Waals surface area contributed by atoms with Crippen LogP contribution in [0.1, 0.15) is 5.56 Å². The van der Waals surface area contributed by atoms with Crippen molar-refractivity contribution in [2.24, 2.45) is 0 Å². The summed E-state index contributed by atoms with van der Waals surface area (Å²) in [6.45, 7) is 5.57. The van der Waals surface area contributed by atoms with Crippen molar-refractivity contribution in [1.29, 1.82) is 0 Å². The largest absolute Gasteiger partial charge is 0.378 e. The molecule has 1 fully saturated rings. The minimum Gasteiger partial charge on any atom is -0.378 e. The minimum absolute atomic E-state index is 0.395. The first-order valence-corrected chi connectivity index (χ1v) is 6.33. The standard InChI is InChI=1S/C13H19ClN2O/c1-10-3-4-11(14)7-13(10)16(2)8-12-9-17-6-5-15-12/h3-4,7,12,15H,5-6,8-9H2,1-2H3. The molecular formula is C13H19ClN2O. The van der Waals surface area contributed by atoms with E-state index in [1.54, 1.807) is 0 Å². The first-order valence-electron chi connectivity index (χ1n) is 5.95. The van der Waals surface area contributed by atoms with E-state index in [2.05, 4.69) is 30.3 Å². The average Bonchev–Trinajstić information content (AvgIpc) is 2.33. The van der Waals surface area contributed by atoms with Crippen molar-refractivity contribution in [3.63, 3.8) is 0 Å². The van der Waals surface area contributed by atoms with Crippen LogP contribution in [-0.2, 0) is 4.74 Å². The second kappa shape index (κ2) is 5.71. The summed E-state index contributed by atoms with van der Waals surface area (Å²) in [5.74, 6) is 0. The number of hydrogen-bond donors (Lipinski definition) is 1. The van der Waals surface area contributed by atoms with E-state index in [0.717, 1.165) is 31.3 Å². The minimum atomic E-state index is 0.395. The lowest BCUT2D eigenvalue weighted by atomic mass is 10.1. The molecule has 17 heavy (non-hydrogen) atoms. The van der Waals surface area contributed by atoms with Crippen LogP contribution in [0.5, 0.6) is 0 Å². The molecule has 1 unspecified atom stereocenters. The Hall–Kier alpha value is -0.770. The lowest BCUT2D eigenvalue weighted by Crippen LogP contribution is -2.47. The van der Waals surface area contributed by atoms with E-state index >= 15 is 0 Å². The number of benzene rings is 1. The Kier molecular flexibility index (Phi) is 4.26. The average molecular weight is 255 g/mol. The summed E-state index contributed by atoms with van der Waals surface area (Å²) in [6.07, 6.45) is 0. The van der Waals surface area contributed by atoms with Crippen LogP contribution in [0, 0.1) is 6.92 Å². The highest BCUT2D eigenvalue weighted by atomic mass is 35.5. The van der Waals surface area contributed by atoms with E-state index in [4.69, 9.17) is 16.3 Å². The molecule has 0 saturated carbocycles. The van der Waals surface area contributed by atoms with E-state index in [-0.39, 0.29) is 0 Å². The van der Waals surface area contributed by atoms with Crippen LogP contribution in [0.3, 0.4) is 0 Å². The monoisotopic (exact) mass is 254 g/mol. The zero-order valence-corrected chi connectivity index (χ0v) is 11.1. The zero-order chi connectivity index (χ0) is 12.3. The molecule has 1 N–H and O–H groups in total. The van der Waals surface area contributed by atoms with Crippen LogP contribution in [0.2, 0.25) is 5.02 Å². The Bertz CT molecular complexity index is 378. The van der Waals surface area contributed by atoms with Gasteiger partial charge >= 0.3 is 0 Å². The van der Waals surface area contributed by atoms with Gasteiger partial charge in [0.05, 0.1) is 13.2 Å². The highest BCUT2D eigenvalue weighted by molar-refractivity contribution is 6.30. The van der Waals surface area contributed by atoms with E-state index < -0.39 is 0 Å². The third kappa shape index (κ3) is 3.35. The number of nitrogens with one attached hydrogen (secondary N) is 1. The van der Waals surface area contributed by atoms with Crippen molar-refractivity contribution in [1.82, 2.24) is 5.32 Å². The van der Waals surface area contributed by atoms with Gasteiger partial charge in [-0.05, 0) is 24.6 Å². The number of morpholine rings is 1. The zero-order valence-electron chi connectivity index (χ0n) is 10.4. The molecule has 1 aliphatic heterocycles. The van der Waals surface area contributed by atoms with Gasteiger partial charge in [-0.15, -0.1) is 0 Å². The molecule has 1 saturated heterocycles.